The molecule has 0 fully saturated rings. The van der Waals surface area contributed by atoms with Gasteiger partial charge in [-0.25, -0.2) is 18.3 Å². The second-order valence-electron chi connectivity index (χ2n) is 11.5. The third-order valence-electron chi connectivity index (χ3n) is 6.30. The van der Waals surface area contributed by atoms with Crippen LogP contribution in [0.2, 0.25) is 0 Å². The molecule has 0 aliphatic heterocycles. The molecule has 8 heteroatoms. The van der Waals surface area contributed by atoms with Crippen molar-refractivity contribution < 1.29 is 18.7 Å². The molecule has 2 N–H and O–H groups in total. The van der Waals surface area contributed by atoms with Crippen molar-refractivity contribution in [3.8, 4) is 5.69 Å². The van der Waals surface area contributed by atoms with Crippen molar-refractivity contribution in [2.24, 2.45) is 5.41 Å². The van der Waals surface area contributed by atoms with Crippen LogP contribution in [0, 0.1) is 17.0 Å². The van der Waals surface area contributed by atoms with Crippen LogP contribution in [0.25, 0.3) is 5.69 Å². The van der Waals surface area contributed by atoms with Gasteiger partial charge >= 0.3 is 6.09 Å². The van der Waals surface area contributed by atoms with E-state index in [0.717, 1.165) is 35.0 Å². The minimum atomic E-state index is -0.944. The first-order valence-corrected chi connectivity index (χ1v) is 12.6. The van der Waals surface area contributed by atoms with Gasteiger partial charge in [0.25, 0.3) is 0 Å². The Labute approximate surface area is 218 Å². The Bertz CT molecular complexity index is 1200. The minimum Gasteiger partial charge on any atom is -0.465 e. The van der Waals surface area contributed by atoms with Gasteiger partial charge in [0.05, 0.1) is 11.7 Å². The number of carbonyl (C=O) groups is 1. The highest BCUT2D eigenvalue weighted by atomic mass is 19.1. The molecular weight excluding hydrogens is 474 g/mol. The fourth-order valence-corrected chi connectivity index (χ4v) is 4.42. The van der Waals surface area contributed by atoms with Gasteiger partial charge in [0.15, 0.2) is 0 Å². The van der Waals surface area contributed by atoms with Gasteiger partial charge in [-0.15, -0.1) is 0 Å². The van der Waals surface area contributed by atoms with E-state index < -0.39 is 23.3 Å². The van der Waals surface area contributed by atoms with Gasteiger partial charge in [0.2, 0.25) is 0 Å². The predicted octanol–water partition coefficient (Wildman–Crippen LogP) is 6.59. The highest BCUT2D eigenvalue weighted by molar-refractivity contribution is 5.65. The molecule has 0 radical (unpaired) electrons. The number of aromatic nitrogens is 2. The van der Waals surface area contributed by atoms with E-state index in [4.69, 9.17) is 5.10 Å². The van der Waals surface area contributed by atoms with Crippen LogP contribution in [0.5, 0.6) is 0 Å². The van der Waals surface area contributed by atoms with Gasteiger partial charge in [0.1, 0.15) is 17.3 Å². The molecule has 0 unspecified atom stereocenters. The van der Waals surface area contributed by atoms with Crippen LogP contribution in [0.4, 0.5) is 13.6 Å². The molecule has 0 saturated heterocycles. The van der Waals surface area contributed by atoms with Crippen LogP contribution in [-0.4, -0.2) is 44.5 Å². The number of benzene rings is 2. The number of rotatable bonds is 9. The number of nitrogens with zero attached hydrogens (tertiary/aromatic N) is 3. The molecule has 1 atom stereocenters. The number of nitrogens with one attached hydrogen (secondary N) is 1. The zero-order valence-corrected chi connectivity index (χ0v) is 22.6. The van der Waals surface area contributed by atoms with Crippen LogP contribution >= 0.6 is 0 Å². The summed E-state index contributed by atoms with van der Waals surface area (Å²) in [5, 5.41) is 17.9. The van der Waals surface area contributed by atoms with Gasteiger partial charge < -0.3 is 15.3 Å². The maximum absolute atomic E-state index is 14.6. The highest BCUT2D eigenvalue weighted by Gasteiger charge is 2.31. The second kappa shape index (κ2) is 11.4. The third-order valence-corrected chi connectivity index (χ3v) is 6.30. The van der Waals surface area contributed by atoms with E-state index in [1.165, 1.54) is 9.58 Å². The summed E-state index contributed by atoms with van der Waals surface area (Å²) in [5.74, 6) is -1.09. The SMILES string of the molecule is CC(C)(C)[C@@H](NCCCN(C(=O)O)C(C)(C)C)c1nn(-c2cc(F)ccc2F)cc1Cc1ccccc1. The van der Waals surface area contributed by atoms with Crippen molar-refractivity contribution in [1.82, 2.24) is 20.0 Å². The molecule has 0 saturated carbocycles. The van der Waals surface area contributed by atoms with Gasteiger partial charge in [-0.1, -0.05) is 51.1 Å². The molecule has 0 aliphatic rings. The molecule has 0 bridgehead atoms. The summed E-state index contributed by atoms with van der Waals surface area (Å²) in [7, 11) is 0. The lowest BCUT2D eigenvalue weighted by atomic mass is 9.83. The number of amides is 1. The van der Waals surface area contributed by atoms with Crippen LogP contribution in [0.15, 0.2) is 54.7 Å². The number of carboxylic acid groups (broad SMARTS) is 1. The number of hydrogen-bond donors (Lipinski definition) is 2. The molecule has 0 spiro atoms. The summed E-state index contributed by atoms with van der Waals surface area (Å²) in [4.78, 5) is 13.1. The smallest absolute Gasteiger partial charge is 0.407 e. The molecule has 3 aromatic rings. The van der Waals surface area contributed by atoms with Crippen molar-refractivity contribution in [3.05, 3.63) is 83.2 Å². The lowest BCUT2D eigenvalue weighted by Gasteiger charge is -2.34. The Balaban J connectivity index is 1.93. The maximum atomic E-state index is 14.6. The van der Waals surface area contributed by atoms with Crippen molar-refractivity contribution in [1.29, 1.82) is 0 Å². The molecule has 200 valence electrons. The Kier molecular flexibility index (Phi) is 8.74. The minimum absolute atomic E-state index is 0.0514. The number of halogens is 2. The first-order chi connectivity index (χ1) is 17.3. The topological polar surface area (TPSA) is 70.4 Å². The van der Waals surface area contributed by atoms with Crippen molar-refractivity contribution in [2.75, 3.05) is 13.1 Å². The lowest BCUT2D eigenvalue weighted by molar-refractivity contribution is 0.0989. The van der Waals surface area contributed by atoms with Gasteiger partial charge in [-0.2, -0.15) is 5.10 Å². The molecule has 37 heavy (non-hydrogen) atoms. The Hall–Kier alpha value is -3.26. The standard InChI is InChI=1S/C29H38F2N4O2/c1-28(2,3)26(32-15-10-16-34(27(36)37)29(4,5)6)25-21(17-20-11-8-7-9-12-20)19-35(33-25)24-18-22(30)13-14-23(24)31/h7-9,11-14,18-19,26,32H,10,15-17H2,1-6H3,(H,36,37)/t26-/m0/s1. The zero-order chi connectivity index (χ0) is 27.4. The molecular formula is C29H38F2N4O2. The molecule has 1 amide bonds. The van der Waals surface area contributed by atoms with E-state index >= 15 is 0 Å². The zero-order valence-electron chi connectivity index (χ0n) is 22.6. The molecule has 2 aromatic carbocycles. The summed E-state index contributed by atoms with van der Waals surface area (Å²) in [5.41, 5.74) is 2.04. The van der Waals surface area contributed by atoms with Crippen LogP contribution in [0.1, 0.15) is 70.8 Å². The lowest BCUT2D eigenvalue weighted by Crippen LogP contribution is -2.46. The first kappa shape index (κ1) is 28.3. The Morgan fingerprint density at radius 3 is 2.35 bits per heavy atom. The predicted molar refractivity (Wildman–Crippen MR) is 142 cm³/mol. The first-order valence-electron chi connectivity index (χ1n) is 12.6. The monoisotopic (exact) mass is 512 g/mol. The third kappa shape index (κ3) is 7.38. The summed E-state index contributed by atoms with van der Waals surface area (Å²) < 4.78 is 30.0. The van der Waals surface area contributed by atoms with E-state index in [-0.39, 0.29) is 17.1 Å². The molecule has 0 aliphatic carbocycles. The summed E-state index contributed by atoms with van der Waals surface area (Å²) in [6.45, 7) is 12.9. The van der Waals surface area contributed by atoms with E-state index in [1.807, 2.05) is 51.1 Å². The van der Waals surface area contributed by atoms with Gasteiger partial charge in [-0.05, 0) is 62.4 Å². The summed E-state index contributed by atoms with van der Waals surface area (Å²) in [6, 6.07) is 13.1. The maximum Gasteiger partial charge on any atom is 0.407 e. The average molecular weight is 513 g/mol. The Morgan fingerprint density at radius 2 is 1.76 bits per heavy atom. The quantitative estimate of drug-likeness (QED) is 0.318. The van der Waals surface area contributed by atoms with Crippen molar-refractivity contribution >= 4 is 6.09 Å². The molecule has 1 aromatic heterocycles. The van der Waals surface area contributed by atoms with Gasteiger partial charge in [0, 0.05) is 30.8 Å². The van der Waals surface area contributed by atoms with Crippen molar-refractivity contribution in [2.45, 2.75) is 66.0 Å². The molecule has 6 nitrogen and oxygen atoms in total. The second-order valence-corrected chi connectivity index (χ2v) is 11.5. The van der Waals surface area contributed by atoms with Crippen LogP contribution in [0.3, 0.4) is 0 Å². The van der Waals surface area contributed by atoms with Crippen molar-refractivity contribution in [3.63, 3.8) is 0 Å². The van der Waals surface area contributed by atoms with E-state index in [0.29, 0.717) is 25.9 Å². The van der Waals surface area contributed by atoms with E-state index in [1.54, 1.807) is 6.20 Å². The van der Waals surface area contributed by atoms with Crippen LogP contribution in [-0.2, 0) is 6.42 Å². The fraction of sp³-hybridized carbons (Fsp3) is 0.448. The summed E-state index contributed by atoms with van der Waals surface area (Å²) >= 11 is 0. The van der Waals surface area contributed by atoms with E-state index in [2.05, 4.69) is 26.1 Å². The fourth-order valence-electron chi connectivity index (χ4n) is 4.42. The summed E-state index contributed by atoms with van der Waals surface area (Å²) in [6.07, 6.45) is 2.02. The molecule has 3 rings (SSSR count). The van der Waals surface area contributed by atoms with Gasteiger partial charge in [-0.3, -0.25) is 0 Å². The largest absolute Gasteiger partial charge is 0.465 e. The Morgan fingerprint density at radius 1 is 1.08 bits per heavy atom. The normalized spacial score (nSPS) is 13.0. The number of hydrogen-bond acceptors (Lipinski definition) is 3. The average Bonchev–Trinajstić information content (AvgIpc) is 3.19. The van der Waals surface area contributed by atoms with Crippen LogP contribution < -0.4 is 5.32 Å². The van der Waals surface area contributed by atoms with E-state index in [9.17, 15) is 18.7 Å². The molecule has 1 heterocycles. The highest BCUT2D eigenvalue weighted by Crippen LogP contribution is 2.35.